The van der Waals surface area contributed by atoms with Crippen LogP contribution in [0.1, 0.15) is 0 Å². The summed E-state index contributed by atoms with van der Waals surface area (Å²) in [5.41, 5.74) is 11.9. The second-order valence-corrected chi connectivity index (χ2v) is 12.3. The van der Waals surface area contributed by atoms with Gasteiger partial charge in [-0.2, -0.15) is 0 Å². The highest BCUT2D eigenvalue weighted by Gasteiger charge is 2.17. The molecule has 0 spiro atoms. The lowest BCUT2D eigenvalue weighted by Gasteiger charge is -2.13. The molecular formula is C44H29N3. The third-order valence-electron chi connectivity index (χ3n) is 9.65. The Morgan fingerprint density at radius 2 is 0.872 bits per heavy atom. The van der Waals surface area contributed by atoms with Gasteiger partial charge in [0.2, 0.25) is 0 Å². The van der Waals surface area contributed by atoms with E-state index >= 15 is 0 Å². The summed E-state index contributed by atoms with van der Waals surface area (Å²) in [5.74, 6) is 0. The molecule has 47 heavy (non-hydrogen) atoms. The number of hydrogen-bond acceptors (Lipinski definition) is 0. The molecule has 0 amide bonds. The molecule has 3 heteroatoms. The van der Waals surface area contributed by atoms with Gasteiger partial charge >= 0.3 is 0 Å². The van der Waals surface area contributed by atoms with E-state index in [4.69, 9.17) is 0 Å². The number of rotatable bonds is 4. The van der Waals surface area contributed by atoms with E-state index in [-0.39, 0.29) is 0 Å². The highest BCUT2D eigenvalue weighted by Crippen LogP contribution is 2.38. The summed E-state index contributed by atoms with van der Waals surface area (Å²) in [6.07, 6.45) is 2.18. The predicted molar refractivity (Wildman–Crippen MR) is 197 cm³/mol. The third-order valence-corrected chi connectivity index (χ3v) is 9.65. The van der Waals surface area contributed by atoms with Crippen molar-refractivity contribution < 1.29 is 0 Å². The van der Waals surface area contributed by atoms with Crippen molar-refractivity contribution in [3.63, 3.8) is 0 Å². The molecule has 0 N–H and O–H groups in total. The van der Waals surface area contributed by atoms with Crippen molar-refractivity contribution in [2.45, 2.75) is 0 Å². The molecule has 0 aliphatic rings. The topological polar surface area (TPSA) is 14.8 Å². The van der Waals surface area contributed by atoms with Crippen LogP contribution in [0.5, 0.6) is 0 Å². The first-order valence-electron chi connectivity index (χ1n) is 16.1. The number of fused-ring (bicyclic) bond motifs is 7. The highest BCUT2D eigenvalue weighted by atomic mass is 15.0. The van der Waals surface area contributed by atoms with Gasteiger partial charge < -0.3 is 13.7 Å². The second-order valence-electron chi connectivity index (χ2n) is 12.3. The Labute approximate surface area is 271 Å². The number of nitrogens with zero attached hydrogens (tertiary/aromatic N) is 3. The number of para-hydroxylation sites is 3. The summed E-state index contributed by atoms with van der Waals surface area (Å²) < 4.78 is 7.14. The van der Waals surface area contributed by atoms with Crippen molar-refractivity contribution in [1.29, 1.82) is 0 Å². The van der Waals surface area contributed by atoms with Crippen molar-refractivity contribution in [3.8, 4) is 28.2 Å². The van der Waals surface area contributed by atoms with Crippen LogP contribution in [0.4, 0.5) is 0 Å². The maximum atomic E-state index is 2.43. The van der Waals surface area contributed by atoms with Crippen LogP contribution >= 0.6 is 0 Å². The van der Waals surface area contributed by atoms with Crippen LogP contribution < -0.4 is 0 Å². The summed E-state index contributed by atoms with van der Waals surface area (Å²) >= 11 is 0. The number of benzene rings is 7. The fourth-order valence-electron chi connectivity index (χ4n) is 7.52. The van der Waals surface area contributed by atoms with Crippen LogP contribution in [0.2, 0.25) is 0 Å². The molecule has 3 heterocycles. The zero-order valence-electron chi connectivity index (χ0n) is 25.6. The van der Waals surface area contributed by atoms with Gasteiger partial charge in [0.15, 0.2) is 0 Å². The van der Waals surface area contributed by atoms with Crippen molar-refractivity contribution in [1.82, 2.24) is 13.7 Å². The van der Waals surface area contributed by atoms with E-state index < -0.39 is 0 Å². The molecule has 0 radical (unpaired) electrons. The quantitative estimate of drug-likeness (QED) is 0.191. The minimum absolute atomic E-state index is 1.14. The van der Waals surface area contributed by atoms with Crippen LogP contribution in [-0.4, -0.2) is 13.7 Å². The van der Waals surface area contributed by atoms with Gasteiger partial charge in [0.05, 0.1) is 27.6 Å². The van der Waals surface area contributed by atoms with Crippen molar-refractivity contribution in [3.05, 3.63) is 176 Å². The molecular weight excluding hydrogens is 571 g/mol. The van der Waals surface area contributed by atoms with E-state index in [1.54, 1.807) is 0 Å². The van der Waals surface area contributed by atoms with Crippen LogP contribution in [-0.2, 0) is 0 Å². The molecule has 0 bridgehead atoms. The Hall–Kier alpha value is -6.32. The molecule has 0 saturated heterocycles. The van der Waals surface area contributed by atoms with Gasteiger partial charge in [0, 0.05) is 50.2 Å². The van der Waals surface area contributed by atoms with Crippen LogP contribution in [0.25, 0.3) is 82.7 Å². The molecule has 7 aromatic carbocycles. The molecule has 10 rings (SSSR count). The lowest BCUT2D eigenvalue weighted by Crippen LogP contribution is -1.98. The molecule has 0 aliphatic carbocycles. The highest BCUT2D eigenvalue weighted by molar-refractivity contribution is 6.14. The summed E-state index contributed by atoms with van der Waals surface area (Å²) in [6, 6.07) is 61.5. The van der Waals surface area contributed by atoms with E-state index in [1.165, 1.54) is 71.3 Å². The Kier molecular flexibility index (Phi) is 5.57. The van der Waals surface area contributed by atoms with E-state index in [1.807, 2.05) is 0 Å². The number of hydrogen-bond donors (Lipinski definition) is 0. The maximum Gasteiger partial charge on any atom is 0.0548 e. The minimum Gasteiger partial charge on any atom is -0.317 e. The molecule has 0 unspecified atom stereocenters. The lowest BCUT2D eigenvalue weighted by atomic mass is 10.0. The Bertz CT molecular complexity index is 2780. The molecule has 0 saturated carbocycles. The molecule has 10 aromatic rings. The van der Waals surface area contributed by atoms with E-state index in [0.717, 1.165) is 11.4 Å². The third kappa shape index (κ3) is 3.93. The average Bonchev–Trinajstić information content (AvgIpc) is 3.81. The van der Waals surface area contributed by atoms with Gasteiger partial charge in [-0.25, -0.2) is 0 Å². The maximum absolute atomic E-state index is 2.43. The van der Waals surface area contributed by atoms with Gasteiger partial charge in [-0.15, -0.1) is 0 Å². The van der Waals surface area contributed by atoms with E-state index in [0.29, 0.717) is 0 Å². The van der Waals surface area contributed by atoms with Gasteiger partial charge in [-0.3, -0.25) is 0 Å². The van der Waals surface area contributed by atoms with Crippen molar-refractivity contribution in [2.75, 3.05) is 0 Å². The first-order chi connectivity index (χ1) is 23.3. The summed E-state index contributed by atoms with van der Waals surface area (Å²) in [5, 5.41) is 6.23. The van der Waals surface area contributed by atoms with Gasteiger partial charge in [-0.05, 0) is 77.9 Å². The van der Waals surface area contributed by atoms with Crippen molar-refractivity contribution >= 4 is 54.5 Å². The minimum atomic E-state index is 1.14. The SMILES string of the molecule is c1ccc(-c2ccc3c4ccccc4n(-c4cccc(-n5c6ccccc6c6cc7c(ccn7-c7ccccc7)cc65)c4)c3c2)cc1. The van der Waals surface area contributed by atoms with Crippen LogP contribution in [0, 0.1) is 0 Å². The Balaban J connectivity index is 1.21. The fraction of sp³-hybridized carbons (Fsp3) is 0. The molecule has 0 fully saturated rings. The normalized spacial score (nSPS) is 11.8. The molecule has 0 atom stereocenters. The Morgan fingerprint density at radius 1 is 0.298 bits per heavy atom. The second kappa shape index (κ2) is 10.1. The number of aromatic nitrogens is 3. The van der Waals surface area contributed by atoms with Crippen molar-refractivity contribution in [2.24, 2.45) is 0 Å². The fourth-order valence-corrected chi connectivity index (χ4v) is 7.52. The molecule has 3 nitrogen and oxygen atoms in total. The standard InChI is InChI=1S/C44H29N3/c1-3-12-30(13-4-1)31-22-23-38-36-18-7-9-20-40(36)46(43(38)26-31)34-16-11-17-35(28-34)47-41-21-10-8-19-37(41)39-29-42-32(27-44(39)47)24-25-45(42)33-14-5-2-6-15-33/h1-29H. The monoisotopic (exact) mass is 599 g/mol. The molecule has 220 valence electrons. The first kappa shape index (κ1) is 26.0. The average molecular weight is 600 g/mol. The smallest absolute Gasteiger partial charge is 0.0548 e. The van der Waals surface area contributed by atoms with E-state index in [9.17, 15) is 0 Å². The first-order valence-corrected chi connectivity index (χ1v) is 16.1. The summed E-state index contributed by atoms with van der Waals surface area (Å²) in [7, 11) is 0. The van der Waals surface area contributed by atoms with E-state index in [2.05, 4.69) is 190 Å². The zero-order valence-corrected chi connectivity index (χ0v) is 25.6. The van der Waals surface area contributed by atoms with Gasteiger partial charge in [-0.1, -0.05) is 103 Å². The van der Waals surface area contributed by atoms with Gasteiger partial charge in [0.25, 0.3) is 0 Å². The predicted octanol–water partition coefficient (Wildman–Crippen LogP) is 11.5. The van der Waals surface area contributed by atoms with Crippen LogP contribution in [0.15, 0.2) is 176 Å². The Morgan fingerprint density at radius 3 is 1.60 bits per heavy atom. The molecule has 3 aromatic heterocycles. The molecule has 0 aliphatic heterocycles. The zero-order chi connectivity index (χ0) is 30.9. The lowest BCUT2D eigenvalue weighted by molar-refractivity contribution is 1.13. The largest absolute Gasteiger partial charge is 0.317 e. The summed E-state index contributed by atoms with van der Waals surface area (Å²) in [4.78, 5) is 0. The summed E-state index contributed by atoms with van der Waals surface area (Å²) in [6.45, 7) is 0. The van der Waals surface area contributed by atoms with Gasteiger partial charge in [0.1, 0.15) is 0 Å². The van der Waals surface area contributed by atoms with Crippen LogP contribution in [0.3, 0.4) is 0 Å².